The molecule has 0 aliphatic rings. The Kier molecular flexibility index (Phi) is 5.78. The third kappa shape index (κ3) is 4.57. The molecule has 88 valence electrons. The van der Waals surface area contributed by atoms with E-state index in [0.29, 0.717) is 17.5 Å². The van der Waals surface area contributed by atoms with Crippen molar-refractivity contribution in [2.24, 2.45) is 5.73 Å². The van der Waals surface area contributed by atoms with Crippen molar-refractivity contribution in [1.82, 2.24) is 4.98 Å². The topological polar surface area (TPSA) is 48.1 Å². The van der Waals surface area contributed by atoms with Gasteiger partial charge in [-0.25, -0.2) is 4.98 Å². The number of thiocarbonyl (C=S) groups is 1. The summed E-state index contributed by atoms with van der Waals surface area (Å²) in [4.78, 5) is 4.48. The highest BCUT2D eigenvalue weighted by molar-refractivity contribution is 7.80. The van der Waals surface area contributed by atoms with Crippen molar-refractivity contribution in [2.45, 2.75) is 32.6 Å². The number of hydrogen-bond donors (Lipinski definition) is 1. The van der Waals surface area contributed by atoms with Gasteiger partial charge in [0.15, 0.2) is 0 Å². The van der Waals surface area contributed by atoms with Gasteiger partial charge in [-0.15, -0.1) is 0 Å². The summed E-state index contributed by atoms with van der Waals surface area (Å²) in [5, 5.41) is 0. The zero-order chi connectivity index (χ0) is 11.8. The highest BCUT2D eigenvalue weighted by atomic mass is 32.1. The lowest BCUT2D eigenvalue weighted by molar-refractivity contribution is 0.294. The lowest BCUT2D eigenvalue weighted by atomic mass is 10.2. The highest BCUT2D eigenvalue weighted by Crippen LogP contribution is 2.10. The van der Waals surface area contributed by atoms with Crippen LogP contribution in [0.4, 0.5) is 0 Å². The van der Waals surface area contributed by atoms with Crippen LogP contribution in [-0.4, -0.2) is 16.6 Å². The molecule has 16 heavy (non-hydrogen) atoms. The third-order valence-electron chi connectivity index (χ3n) is 2.27. The van der Waals surface area contributed by atoms with Gasteiger partial charge in [0.25, 0.3) is 0 Å². The molecule has 0 aliphatic heterocycles. The minimum Gasteiger partial charge on any atom is -0.478 e. The highest BCUT2D eigenvalue weighted by Gasteiger charge is 2.00. The first-order valence-corrected chi connectivity index (χ1v) is 6.03. The van der Waals surface area contributed by atoms with Crippen molar-refractivity contribution in [1.29, 1.82) is 0 Å². The molecule has 0 bridgehead atoms. The minimum absolute atomic E-state index is 0.373. The maximum absolute atomic E-state index is 5.53. The van der Waals surface area contributed by atoms with Crippen LogP contribution in [0.2, 0.25) is 0 Å². The summed E-state index contributed by atoms with van der Waals surface area (Å²) in [6, 6.07) is 3.56. The number of unbranched alkanes of at least 4 members (excludes halogenated alkanes) is 3. The predicted molar refractivity (Wildman–Crippen MR) is 69.8 cm³/mol. The molecule has 0 spiro atoms. The molecule has 1 rings (SSSR count). The van der Waals surface area contributed by atoms with Crippen LogP contribution < -0.4 is 10.5 Å². The standard InChI is InChI=1S/C12H18N2OS/c1-2-3-4-5-8-15-11-9-10(12(13)16)6-7-14-11/h6-7,9H,2-5,8H2,1H3,(H2,13,16). The molecule has 0 fully saturated rings. The molecule has 1 heterocycles. The molecule has 0 saturated heterocycles. The summed E-state index contributed by atoms with van der Waals surface area (Å²) in [6.07, 6.45) is 6.41. The van der Waals surface area contributed by atoms with Crippen molar-refractivity contribution >= 4 is 17.2 Å². The van der Waals surface area contributed by atoms with Crippen LogP contribution in [0.5, 0.6) is 5.88 Å². The molecule has 2 N–H and O–H groups in total. The lowest BCUT2D eigenvalue weighted by Crippen LogP contribution is -2.10. The maximum Gasteiger partial charge on any atom is 0.213 e. The molecule has 3 nitrogen and oxygen atoms in total. The zero-order valence-electron chi connectivity index (χ0n) is 9.61. The van der Waals surface area contributed by atoms with E-state index in [2.05, 4.69) is 11.9 Å². The first kappa shape index (κ1) is 12.9. The van der Waals surface area contributed by atoms with E-state index in [9.17, 15) is 0 Å². The van der Waals surface area contributed by atoms with Gasteiger partial charge < -0.3 is 10.5 Å². The van der Waals surface area contributed by atoms with Gasteiger partial charge in [0.1, 0.15) is 4.99 Å². The minimum atomic E-state index is 0.373. The van der Waals surface area contributed by atoms with Gasteiger partial charge in [0.05, 0.1) is 6.61 Å². The van der Waals surface area contributed by atoms with Crippen molar-refractivity contribution in [3.63, 3.8) is 0 Å². The van der Waals surface area contributed by atoms with Gasteiger partial charge in [0.2, 0.25) is 5.88 Å². The summed E-state index contributed by atoms with van der Waals surface area (Å²) < 4.78 is 5.52. The molecular formula is C12H18N2OS. The Balaban J connectivity index is 2.36. The second kappa shape index (κ2) is 7.17. The second-order valence-electron chi connectivity index (χ2n) is 3.66. The molecule has 4 heteroatoms. The number of rotatable bonds is 7. The number of ether oxygens (including phenoxy) is 1. The van der Waals surface area contributed by atoms with Gasteiger partial charge in [0, 0.05) is 17.8 Å². The van der Waals surface area contributed by atoms with Crippen molar-refractivity contribution < 1.29 is 4.74 Å². The molecular weight excluding hydrogens is 220 g/mol. The molecule has 1 aromatic heterocycles. The van der Waals surface area contributed by atoms with Gasteiger partial charge in [-0.2, -0.15) is 0 Å². The molecule has 0 aromatic carbocycles. The van der Waals surface area contributed by atoms with E-state index in [0.717, 1.165) is 12.0 Å². The third-order valence-corrected chi connectivity index (χ3v) is 2.50. The van der Waals surface area contributed by atoms with Gasteiger partial charge in [-0.3, -0.25) is 0 Å². The fourth-order valence-electron chi connectivity index (χ4n) is 1.35. The van der Waals surface area contributed by atoms with Crippen molar-refractivity contribution in [3.05, 3.63) is 23.9 Å². The van der Waals surface area contributed by atoms with E-state index in [1.807, 2.05) is 0 Å². The van der Waals surface area contributed by atoms with Crippen molar-refractivity contribution in [2.75, 3.05) is 6.61 Å². The molecule has 0 aliphatic carbocycles. The van der Waals surface area contributed by atoms with Crippen LogP contribution >= 0.6 is 12.2 Å². The van der Waals surface area contributed by atoms with Crippen LogP contribution in [-0.2, 0) is 0 Å². The summed E-state index contributed by atoms with van der Waals surface area (Å²) in [6.45, 7) is 2.89. The zero-order valence-corrected chi connectivity index (χ0v) is 10.4. The summed E-state index contributed by atoms with van der Waals surface area (Å²) in [5.74, 6) is 0.599. The fraction of sp³-hybridized carbons (Fsp3) is 0.500. The summed E-state index contributed by atoms with van der Waals surface area (Å²) >= 11 is 4.89. The second-order valence-corrected chi connectivity index (χ2v) is 4.10. The Morgan fingerprint density at radius 2 is 2.25 bits per heavy atom. The number of aromatic nitrogens is 1. The Morgan fingerprint density at radius 1 is 1.44 bits per heavy atom. The monoisotopic (exact) mass is 238 g/mol. The van der Waals surface area contributed by atoms with E-state index in [4.69, 9.17) is 22.7 Å². The fourth-order valence-corrected chi connectivity index (χ4v) is 1.47. The summed E-state index contributed by atoms with van der Waals surface area (Å²) in [7, 11) is 0. The smallest absolute Gasteiger partial charge is 0.213 e. The quantitative estimate of drug-likeness (QED) is 0.586. The normalized spacial score (nSPS) is 10.1. The van der Waals surface area contributed by atoms with E-state index >= 15 is 0 Å². The van der Waals surface area contributed by atoms with Gasteiger partial charge in [-0.05, 0) is 12.5 Å². The van der Waals surface area contributed by atoms with Crippen LogP contribution in [0.1, 0.15) is 38.2 Å². The molecule has 0 amide bonds. The van der Waals surface area contributed by atoms with E-state index < -0.39 is 0 Å². The number of hydrogen-bond acceptors (Lipinski definition) is 3. The molecule has 0 atom stereocenters. The molecule has 0 saturated carbocycles. The Morgan fingerprint density at radius 3 is 2.94 bits per heavy atom. The van der Waals surface area contributed by atoms with Crippen LogP contribution in [0, 0.1) is 0 Å². The number of pyridine rings is 1. The largest absolute Gasteiger partial charge is 0.478 e. The van der Waals surface area contributed by atoms with E-state index in [1.54, 1.807) is 18.3 Å². The van der Waals surface area contributed by atoms with Gasteiger partial charge >= 0.3 is 0 Å². The Labute approximate surface area is 102 Å². The van der Waals surface area contributed by atoms with Crippen LogP contribution in [0.25, 0.3) is 0 Å². The number of nitrogens with two attached hydrogens (primary N) is 1. The Bertz CT molecular complexity index is 342. The average Bonchev–Trinajstić information content (AvgIpc) is 2.29. The average molecular weight is 238 g/mol. The molecule has 1 aromatic rings. The lowest BCUT2D eigenvalue weighted by Gasteiger charge is -2.06. The first-order chi connectivity index (χ1) is 7.74. The number of nitrogens with zero attached hydrogens (tertiary/aromatic N) is 1. The molecule has 0 radical (unpaired) electrons. The summed E-state index contributed by atoms with van der Waals surface area (Å²) in [5.41, 5.74) is 6.32. The van der Waals surface area contributed by atoms with Crippen LogP contribution in [0.3, 0.4) is 0 Å². The SMILES string of the molecule is CCCCCCOc1cc(C(N)=S)ccn1. The van der Waals surface area contributed by atoms with E-state index in [-0.39, 0.29) is 0 Å². The Hall–Kier alpha value is -1.16. The first-order valence-electron chi connectivity index (χ1n) is 5.62. The maximum atomic E-state index is 5.53. The molecule has 0 unspecified atom stereocenters. The van der Waals surface area contributed by atoms with Crippen molar-refractivity contribution in [3.8, 4) is 5.88 Å². The van der Waals surface area contributed by atoms with E-state index in [1.165, 1.54) is 19.3 Å². The predicted octanol–water partition coefficient (Wildman–Crippen LogP) is 2.67. The van der Waals surface area contributed by atoms with Gasteiger partial charge in [-0.1, -0.05) is 38.4 Å². The van der Waals surface area contributed by atoms with Crippen LogP contribution in [0.15, 0.2) is 18.3 Å².